The van der Waals surface area contributed by atoms with Gasteiger partial charge in [0.2, 0.25) is 5.71 Å². The molecule has 0 spiro atoms. The van der Waals surface area contributed by atoms with E-state index in [9.17, 15) is 0 Å². The second kappa shape index (κ2) is 7.90. The van der Waals surface area contributed by atoms with Gasteiger partial charge in [0.15, 0.2) is 0 Å². The number of aryl methyl sites for hydroxylation is 1. The van der Waals surface area contributed by atoms with Gasteiger partial charge in [-0.25, -0.2) is 4.98 Å². The lowest BCUT2D eigenvalue weighted by Gasteiger charge is -2.09. The number of hydrogen-bond acceptors (Lipinski definition) is 3. The summed E-state index contributed by atoms with van der Waals surface area (Å²) in [6.07, 6.45) is 1.95. The van der Waals surface area contributed by atoms with Crippen molar-refractivity contribution in [3.8, 4) is 22.4 Å². The van der Waals surface area contributed by atoms with Crippen LogP contribution in [0.5, 0.6) is 0 Å². The Balaban J connectivity index is 1.59. The fourth-order valence-corrected chi connectivity index (χ4v) is 4.25. The van der Waals surface area contributed by atoms with Gasteiger partial charge in [-0.2, -0.15) is 0 Å². The Morgan fingerprint density at radius 1 is 0.719 bits per heavy atom. The third-order valence-electron chi connectivity index (χ3n) is 6.26. The van der Waals surface area contributed by atoms with E-state index < -0.39 is 0 Å². The quantitative estimate of drug-likeness (QED) is 0.294. The van der Waals surface area contributed by atoms with Gasteiger partial charge in [0, 0.05) is 33.8 Å². The molecule has 160 valence electrons. The van der Waals surface area contributed by atoms with Crippen molar-refractivity contribution in [1.29, 1.82) is 0 Å². The maximum atomic E-state index is 6.31. The van der Waals surface area contributed by atoms with Gasteiger partial charge in [-0.3, -0.25) is 4.98 Å². The van der Waals surface area contributed by atoms with Crippen LogP contribution in [0.1, 0.15) is 56.4 Å². The van der Waals surface area contributed by atoms with Crippen LogP contribution in [0.3, 0.4) is 0 Å². The number of fused-ring (bicyclic) bond motifs is 3. The minimum Gasteiger partial charge on any atom is -0.437 e. The first-order valence-corrected chi connectivity index (χ1v) is 11.3. The third-order valence-corrected chi connectivity index (χ3v) is 6.26. The van der Waals surface area contributed by atoms with E-state index >= 15 is 0 Å². The SMILES string of the molecule is Cc1ccc2c(oc3nc(C(C)C)ccc32)c1-c1ccc(-c2ccc(C(C)C)cc2)cn1. The molecule has 0 amide bonds. The van der Waals surface area contributed by atoms with Crippen molar-refractivity contribution in [3.63, 3.8) is 0 Å². The summed E-state index contributed by atoms with van der Waals surface area (Å²) in [6.45, 7) is 10.8. The van der Waals surface area contributed by atoms with E-state index in [-0.39, 0.29) is 0 Å². The number of furan rings is 1. The Labute approximate surface area is 189 Å². The summed E-state index contributed by atoms with van der Waals surface area (Å²) >= 11 is 0. The second-order valence-electron chi connectivity index (χ2n) is 9.19. The summed E-state index contributed by atoms with van der Waals surface area (Å²) in [7, 11) is 0. The van der Waals surface area contributed by atoms with Gasteiger partial charge in [-0.15, -0.1) is 0 Å². The third kappa shape index (κ3) is 3.48. The first-order valence-electron chi connectivity index (χ1n) is 11.3. The molecule has 3 nitrogen and oxygen atoms in total. The molecular formula is C29H28N2O. The zero-order chi connectivity index (χ0) is 22.4. The summed E-state index contributed by atoms with van der Waals surface area (Å²) in [4.78, 5) is 9.59. The lowest BCUT2D eigenvalue weighted by molar-refractivity contribution is 0.648. The molecule has 0 aliphatic rings. The van der Waals surface area contributed by atoms with Crippen LogP contribution in [0.15, 0.2) is 71.3 Å². The van der Waals surface area contributed by atoms with E-state index in [1.807, 2.05) is 6.20 Å². The molecule has 0 unspecified atom stereocenters. The van der Waals surface area contributed by atoms with Crippen molar-refractivity contribution < 1.29 is 4.42 Å². The molecule has 0 bridgehead atoms. The Morgan fingerprint density at radius 2 is 1.44 bits per heavy atom. The number of benzene rings is 2. The van der Waals surface area contributed by atoms with Gasteiger partial charge in [-0.05, 0) is 53.6 Å². The zero-order valence-corrected chi connectivity index (χ0v) is 19.3. The van der Waals surface area contributed by atoms with E-state index in [0.29, 0.717) is 17.5 Å². The summed E-state index contributed by atoms with van der Waals surface area (Å²) in [5.74, 6) is 0.889. The molecule has 0 saturated carbocycles. The Kier molecular flexibility index (Phi) is 5.05. The first-order chi connectivity index (χ1) is 15.4. The van der Waals surface area contributed by atoms with Crippen molar-refractivity contribution in [3.05, 3.63) is 83.7 Å². The maximum Gasteiger partial charge on any atom is 0.227 e. The summed E-state index contributed by atoms with van der Waals surface area (Å²) in [6, 6.07) is 21.5. The predicted molar refractivity (Wildman–Crippen MR) is 133 cm³/mol. The number of rotatable bonds is 4. The molecule has 0 fully saturated rings. The molecule has 5 rings (SSSR count). The molecule has 3 heterocycles. The minimum atomic E-state index is 0.359. The molecule has 0 aliphatic heterocycles. The van der Waals surface area contributed by atoms with Crippen LogP contribution in [0, 0.1) is 6.92 Å². The van der Waals surface area contributed by atoms with Crippen molar-refractivity contribution in [1.82, 2.24) is 9.97 Å². The Hall–Kier alpha value is -3.46. The number of aromatic nitrogens is 2. The smallest absolute Gasteiger partial charge is 0.227 e. The molecule has 32 heavy (non-hydrogen) atoms. The summed E-state index contributed by atoms with van der Waals surface area (Å²) in [5, 5.41) is 2.13. The Morgan fingerprint density at radius 3 is 2.09 bits per heavy atom. The predicted octanol–water partition coefficient (Wildman–Crippen LogP) is 8.27. The highest BCUT2D eigenvalue weighted by atomic mass is 16.3. The highest BCUT2D eigenvalue weighted by Crippen LogP contribution is 2.37. The minimum absolute atomic E-state index is 0.359. The monoisotopic (exact) mass is 420 g/mol. The Bertz CT molecular complexity index is 1410. The van der Waals surface area contributed by atoms with E-state index in [0.717, 1.165) is 44.4 Å². The fourth-order valence-electron chi connectivity index (χ4n) is 4.25. The van der Waals surface area contributed by atoms with Gasteiger partial charge < -0.3 is 4.42 Å². The molecule has 3 aromatic heterocycles. The summed E-state index contributed by atoms with van der Waals surface area (Å²) in [5.41, 5.74) is 9.32. The summed E-state index contributed by atoms with van der Waals surface area (Å²) < 4.78 is 6.31. The van der Waals surface area contributed by atoms with Gasteiger partial charge in [0.25, 0.3) is 0 Å². The molecule has 2 aromatic carbocycles. The molecule has 0 atom stereocenters. The average Bonchev–Trinajstić information content (AvgIpc) is 3.17. The number of hydrogen-bond donors (Lipinski definition) is 0. The molecule has 3 heteroatoms. The van der Waals surface area contributed by atoms with Crippen molar-refractivity contribution in [2.75, 3.05) is 0 Å². The lowest BCUT2D eigenvalue weighted by Crippen LogP contribution is -1.90. The van der Waals surface area contributed by atoms with Crippen molar-refractivity contribution in [2.45, 2.75) is 46.5 Å². The van der Waals surface area contributed by atoms with Crippen LogP contribution in [-0.2, 0) is 0 Å². The zero-order valence-electron chi connectivity index (χ0n) is 19.3. The van der Waals surface area contributed by atoms with E-state index in [1.54, 1.807) is 0 Å². The molecule has 5 aromatic rings. The average molecular weight is 421 g/mol. The van der Waals surface area contributed by atoms with Crippen LogP contribution in [0.25, 0.3) is 44.5 Å². The number of nitrogens with zero attached hydrogens (tertiary/aromatic N) is 2. The van der Waals surface area contributed by atoms with Crippen LogP contribution in [0.4, 0.5) is 0 Å². The van der Waals surface area contributed by atoms with Crippen LogP contribution in [0.2, 0.25) is 0 Å². The van der Waals surface area contributed by atoms with E-state index in [4.69, 9.17) is 14.4 Å². The van der Waals surface area contributed by atoms with Gasteiger partial charge in [0.1, 0.15) is 5.58 Å². The highest BCUT2D eigenvalue weighted by Gasteiger charge is 2.17. The fraction of sp³-hybridized carbons (Fsp3) is 0.241. The van der Waals surface area contributed by atoms with Crippen LogP contribution < -0.4 is 0 Å². The molecule has 0 radical (unpaired) electrons. The van der Waals surface area contributed by atoms with Crippen LogP contribution >= 0.6 is 0 Å². The van der Waals surface area contributed by atoms with Crippen LogP contribution in [-0.4, -0.2) is 9.97 Å². The highest BCUT2D eigenvalue weighted by molar-refractivity contribution is 6.09. The maximum absolute atomic E-state index is 6.31. The normalized spacial score (nSPS) is 11.8. The molecule has 0 N–H and O–H groups in total. The van der Waals surface area contributed by atoms with Gasteiger partial charge in [0.05, 0.1) is 5.69 Å². The number of pyridine rings is 2. The molecule has 0 aliphatic carbocycles. The topological polar surface area (TPSA) is 38.9 Å². The van der Waals surface area contributed by atoms with Gasteiger partial charge >= 0.3 is 0 Å². The van der Waals surface area contributed by atoms with Crippen molar-refractivity contribution in [2.24, 2.45) is 0 Å². The van der Waals surface area contributed by atoms with E-state index in [1.165, 1.54) is 11.1 Å². The van der Waals surface area contributed by atoms with E-state index in [2.05, 4.69) is 95.3 Å². The largest absolute Gasteiger partial charge is 0.437 e. The second-order valence-corrected chi connectivity index (χ2v) is 9.19. The molecule has 0 saturated heterocycles. The van der Waals surface area contributed by atoms with Gasteiger partial charge in [-0.1, -0.05) is 70.2 Å². The first kappa shape index (κ1) is 20.4. The standard InChI is InChI=1S/C29H28N2O/c1-17(2)20-7-9-21(10-8-20)22-11-14-26(30-16-22)27-19(5)6-12-23-24-13-15-25(18(3)4)31-29(24)32-28(23)27/h6-18H,1-5H3. The molecular weight excluding hydrogens is 392 g/mol. The van der Waals surface area contributed by atoms with Crippen molar-refractivity contribution >= 4 is 22.1 Å². The lowest BCUT2D eigenvalue weighted by atomic mass is 9.98.